The first-order valence-corrected chi connectivity index (χ1v) is 12.0. The largest absolute Gasteiger partial charge is 0.488 e. The molecule has 0 bridgehead atoms. The van der Waals surface area contributed by atoms with Crippen LogP contribution in [0.3, 0.4) is 0 Å². The van der Waals surface area contributed by atoms with Crippen molar-refractivity contribution in [2.45, 2.75) is 39.7 Å². The predicted molar refractivity (Wildman–Crippen MR) is 142 cm³/mol. The van der Waals surface area contributed by atoms with E-state index in [0.29, 0.717) is 39.7 Å². The molecule has 0 amide bonds. The Hall–Kier alpha value is -2.96. The highest BCUT2D eigenvalue weighted by atomic mass is 79.9. The minimum absolute atomic E-state index is 0.239. The van der Waals surface area contributed by atoms with Crippen LogP contribution in [0.2, 0.25) is 5.02 Å². The third kappa shape index (κ3) is 5.40. The lowest BCUT2D eigenvalue weighted by atomic mass is 9.95. The summed E-state index contributed by atoms with van der Waals surface area (Å²) in [6, 6.07) is 19.0. The number of benzene rings is 3. The van der Waals surface area contributed by atoms with Crippen molar-refractivity contribution >= 4 is 44.6 Å². The molecule has 0 aliphatic rings. The first-order valence-electron chi connectivity index (χ1n) is 10.9. The van der Waals surface area contributed by atoms with Crippen LogP contribution >= 0.6 is 27.5 Å². The van der Waals surface area contributed by atoms with Crippen molar-refractivity contribution in [3.8, 4) is 5.75 Å². The molecule has 0 unspecified atom stereocenters. The van der Waals surface area contributed by atoms with Gasteiger partial charge >= 0.3 is 0 Å². The molecule has 0 spiro atoms. The van der Waals surface area contributed by atoms with Gasteiger partial charge in [-0.25, -0.2) is 4.98 Å². The summed E-state index contributed by atoms with van der Waals surface area (Å²) in [7, 11) is 0. The van der Waals surface area contributed by atoms with E-state index in [9.17, 15) is 4.79 Å². The molecule has 0 atom stereocenters. The molecule has 4 rings (SSSR count). The lowest BCUT2D eigenvalue weighted by Crippen LogP contribution is -2.29. The smallest absolute Gasteiger partial charge is 0.282 e. The van der Waals surface area contributed by atoms with Gasteiger partial charge in [-0.1, -0.05) is 78.1 Å². The standard InChI is InChI=1S/C27H25BrClN3O2/c1-17-6-5-7-18(12-17)16-34-24-11-9-21(29)13-19(24)15-30-32-25(33)22-14-20(28)8-10-23(22)31-26(32)27(2,3)4/h5-15H,16H2,1-4H3. The van der Waals surface area contributed by atoms with Gasteiger partial charge in [0.15, 0.2) is 0 Å². The second-order valence-corrected chi connectivity index (χ2v) is 10.5. The van der Waals surface area contributed by atoms with Crippen LogP contribution in [0.15, 0.2) is 75.0 Å². The third-order valence-electron chi connectivity index (χ3n) is 5.24. The Morgan fingerprint density at radius 3 is 2.65 bits per heavy atom. The fourth-order valence-corrected chi connectivity index (χ4v) is 4.12. The first kappa shape index (κ1) is 24.2. The topological polar surface area (TPSA) is 56.5 Å². The van der Waals surface area contributed by atoms with Gasteiger partial charge in [-0.3, -0.25) is 4.79 Å². The monoisotopic (exact) mass is 537 g/mol. The average molecular weight is 539 g/mol. The van der Waals surface area contributed by atoms with Crippen LogP contribution in [0.25, 0.3) is 10.9 Å². The van der Waals surface area contributed by atoms with Crippen molar-refractivity contribution in [2.24, 2.45) is 5.10 Å². The van der Waals surface area contributed by atoms with Crippen LogP contribution < -0.4 is 10.3 Å². The molecule has 0 aliphatic carbocycles. The number of fused-ring (bicyclic) bond motifs is 1. The van der Waals surface area contributed by atoms with E-state index >= 15 is 0 Å². The summed E-state index contributed by atoms with van der Waals surface area (Å²) in [6.45, 7) is 8.46. The minimum atomic E-state index is -0.406. The van der Waals surface area contributed by atoms with E-state index in [0.717, 1.165) is 10.0 Å². The van der Waals surface area contributed by atoms with Gasteiger partial charge in [-0.15, -0.1) is 0 Å². The summed E-state index contributed by atoms with van der Waals surface area (Å²) in [5.74, 6) is 1.18. The fraction of sp³-hybridized carbons (Fsp3) is 0.222. The van der Waals surface area contributed by atoms with Crippen LogP contribution in [-0.2, 0) is 12.0 Å². The van der Waals surface area contributed by atoms with Gasteiger partial charge in [0.25, 0.3) is 5.56 Å². The second-order valence-electron chi connectivity index (χ2n) is 9.17. The maximum Gasteiger partial charge on any atom is 0.282 e. The molecule has 0 fully saturated rings. The van der Waals surface area contributed by atoms with Gasteiger partial charge < -0.3 is 4.74 Å². The van der Waals surface area contributed by atoms with Crippen molar-refractivity contribution in [2.75, 3.05) is 0 Å². The molecular formula is C27H25BrClN3O2. The number of rotatable bonds is 5. The summed E-state index contributed by atoms with van der Waals surface area (Å²) in [5.41, 5.74) is 2.89. The lowest BCUT2D eigenvalue weighted by molar-refractivity contribution is 0.305. The Balaban J connectivity index is 1.76. The van der Waals surface area contributed by atoms with Crippen LogP contribution in [0, 0.1) is 6.92 Å². The Morgan fingerprint density at radius 2 is 1.91 bits per heavy atom. The van der Waals surface area contributed by atoms with Crippen LogP contribution in [-0.4, -0.2) is 15.9 Å². The molecule has 1 aromatic heterocycles. The number of ether oxygens (including phenoxy) is 1. The number of halogens is 2. The van der Waals surface area contributed by atoms with Gasteiger partial charge in [0.1, 0.15) is 18.2 Å². The average Bonchev–Trinajstić information content (AvgIpc) is 2.77. The van der Waals surface area contributed by atoms with Crippen molar-refractivity contribution in [3.05, 3.63) is 103 Å². The number of aromatic nitrogens is 2. The number of nitrogens with zero attached hydrogens (tertiary/aromatic N) is 3. The van der Waals surface area contributed by atoms with E-state index in [1.807, 2.05) is 64.1 Å². The maximum atomic E-state index is 13.4. The summed E-state index contributed by atoms with van der Waals surface area (Å²) >= 11 is 9.70. The number of aryl methyl sites for hydroxylation is 1. The lowest BCUT2D eigenvalue weighted by Gasteiger charge is -2.21. The van der Waals surface area contributed by atoms with Gasteiger partial charge in [-0.05, 0) is 48.9 Å². The Labute approximate surface area is 212 Å². The zero-order valence-electron chi connectivity index (χ0n) is 19.5. The molecule has 0 radical (unpaired) electrons. The van der Waals surface area contributed by atoms with E-state index in [2.05, 4.69) is 27.1 Å². The zero-order valence-corrected chi connectivity index (χ0v) is 21.8. The highest BCUT2D eigenvalue weighted by Crippen LogP contribution is 2.25. The van der Waals surface area contributed by atoms with E-state index in [1.54, 1.807) is 24.4 Å². The molecular weight excluding hydrogens is 514 g/mol. The van der Waals surface area contributed by atoms with Gasteiger partial charge in [-0.2, -0.15) is 9.78 Å². The Morgan fingerprint density at radius 1 is 1.12 bits per heavy atom. The summed E-state index contributed by atoms with van der Waals surface area (Å²) in [4.78, 5) is 18.2. The van der Waals surface area contributed by atoms with Gasteiger partial charge in [0.05, 0.1) is 17.1 Å². The molecule has 3 aromatic carbocycles. The predicted octanol–water partition coefficient (Wildman–Crippen LogP) is 6.88. The molecule has 0 saturated heterocycles. The molecule has 4 aromatic rings. The van der Waals surface area contributed by atoms with Crippen molar-refractivity contribution in [3.63, 3.8) is 0 Å². The highest BCUT2D eigenvalue weighted by Gasteiger charge is 2.23. The summed E-state index contributed by atoms with van der Waals surface area (Å²) in [5, 5.41) is 5.59. The number of hydrogen-bond acceptors (Lipinski definition) is 4. The van der Waals surface area contributed by atoms with E-state index in [4.69, 9.17) is 21.3 Å². The van der Waals surface area contributed by atoms with E-state index < -0.39 is 5.41 Å². The van der Waals surface area contributed by atoms with Crippen LogP contribution in [0.1, 0.15) is 43.3 Å². The third-order valence-corrected chi connectivity index (χ3v) is 5.97. The Bertz CT molecular complexity index is 1450. The van der Waals surface area contributed by atoms with Crippen LogP contribution in [0.4, 0.5) is 0 Å². The highest BCUT2D eigenvalue weighted by molar-refractivity contribution is 9.10. The van der Waals surface area contributed by atoms with Crippen molar-refractivity contribution < 1.29 is 4.74 Å². The molecule has 5 nitrogen and oxygen atoms in total. The molecule has 0 aliphatic heterocycles. The first-order chi connectivity index (χ1) is 16.1. The Kier molecular flexibility index (Phi) is 6.91. The van der Waals surface area contributed by atoms with Crippen LogP contribution in [0.5, 0.6) is 5.75 Å². The van der Waals surface area contributed by atoms with Gasteiger partial charge in [0, 0.05) is 20.5 Å². The molecule has 7 heteroatoms. The van der Waals surface area contributed by atoms with Crippen molar-refractivity contribution in [1.29, 1.82) is 0 Å². The molecule has 1 heterocycles. The minimum Gasteiger partial charge on any atom is -0.488 e. The normalized spacial score (nSPS) is 11.9. The molecule has 174 valence electrons. The molecule has 34 heavy (non-hydrogen) atoms. The maximum absolute atomic E-state index is 13.4. The SMILES string of the molecule is Cc1cccc(COc2ccc(Cl)cc2C=Nn2c(C(C)(C)C)nc3ccc(Br)cc3c2=O)c1. The van der Waals surface area contributed by atoms with Crippen molar-refractivity contribution in [1.82, 2.24) is 9.66 Å². The quantitative estimate of drug-likeness (QED) is 0.260. The molecule has 0 saturated carbocycles. The summed E-state index contributed by atoms with van der Waals surface area (Å²) < 4.78 is 8.24. The van der Waals surface area contributed by atoms with Gasteiger partial charge in [0.2, 0.25) is 0 Å². The molecule has 0 N–H and O–H groups in total. The number of hydrogen-bond donors (Lipinski definition) is 0. The fourth-order valence-electron chi connectivity index (χ4n) is 3.58. The summed E-state index contributed by atoms with van der Waals surface area (Å²) in [6.07, 6.45) is 1.60. The van der Waals surface area contributed by atoms with E-state index in [-0.39, 0.29) is 5.56 Å². The zero-order chi connectivity index (χ0) is 24.5. The second kappa shape index (κ2) is 9.72. The van der Waals surface area contributed by atoms with E-state index in [1.165, 1.54) is 10.2 Å².